The highest BCUT2D eigenvalue weighted by Gasteiger charge is 2.22. The third-order valence-electron chi connectivity index (χ3n) is 3.66. The lowest BCUT2D eigenvalue weighted by Gasteiger charge is -2.15. The Balaban J connectivity index is 1.47. The highest BCUT2D eigenvalue weighted by molar-refractivity contribution is 6.30. The molecule has 1 heterocycles. The molecular weight excluding hydrogens is 286 g/mol. The summed E-state index contributed by atoms with van der Waals surface area (Å²) >= 11 is 5.98. The molecule has 0 bridgehead atoms. The molecule has 0 amide bonds. The van der Waals surface area contributed by atoms with Gasteiger partial charge in [0, 0.05) is 24.5 Å². The van der Waals surface area contributed by atoms with E-state index in [1.807, 2.05) is 48.5 Å². The minimum absolute atomic E-state index is 0.0986. The molecule has 2 aromatic carbocycles. The first-order valence-electron chi connectivity index (χ1n) is 7.11. The Labute approximate surface area is 129 Å². The van der Waals surface area contributed by atoms with Crippen LogP contribution < -0.4 is 10.1 Å². The summed E-state index contributed by atoms with van der Waals surface area (Å²) in [5.41, 5.74) is 2.07. The molecule has 0 spiro atoms. The smallest absolute Gasteiger partial charge is 0.123 e. The molecule has 0 radical (unpaired) electrons. The minimum Gasteiger partial charge on any atom is -0.488 e. The Kier molecular flexibility index (Phi) is 4.44. The molecule has 0 saturated carbocycles. The van der Waals surface area contributed by atoms with E-state index in [0.717, 1.165) is 28.3 Å². The van der Waals surface area contributed by atoms with Crippen molar-refractivity contribution in [3.63, 3.8) is 0 Å². The van der Waals surface area contributed by atoms with Crippen LogP contribution >= 0.6 is 11.6 Å². The normalized spacial score (nSPS) is 18.1. The molecule has 2 N–H and O–H groups in total. The second-order valence-electron chi connectivity index (χ2n) is 5.28. The van der Waals surface area contributed by atoms with Gasteiger partial charge < -0.3 is 15.2 Å². The molecule has 110 valence electrons. The van der Waals surface area contributed by atoms with Crippen LogP contribution in [0.15, 0.2) is 48.5 Å². The Morgan fingerprint density at radius 3 is 2.86 bits per heavy atom. The van der Waals surface area contributed by atoms with Gasteiger partial charge in [-0.3, -0.25) is 0 Å². The minimum atomic E-state index is -0.496. The molecule has 0 saturated heterocycles. The summed E-state index contributed by atoms with van der Waals surface area (Å²) in [6.07, 6.45) is 0.454. The Hall–Kier alpha value is -1.55. The first-order chi connectivity index (χ1) is 10.2. The van der Waals surface area contributed by atoms with Crippen LogP contribution in [0.1, 0.15) is 17.2 Å². The van der Waals surface area contributed by atoms with Crippen LogP contribution in [0.2, 0.25) is 5.02 Å². The molecule has 2 atom stereocenters. The van der Waals surface area contributed by atoms with Gasteiger partial charge >= 0.3 is 0 Å². The van der Waals surface area contributed by atoms with Crippen molar-refractivity contribution in [3.05, 3.63) is 64.7 Å². The van der Waals surface area contributed by atoms with E-state index in [-0.39, 0.29) is 6.10 Å². The first-order valence-corrected chi connectivity index (χ1v) is 7.49. The second kappa shape index (κ2) is 6.48. The highest BCUT2D eigenvalue weighted by atomic mass is 35.5. The van der Waals surface area contributed by atoms with Crippen molar-refractivity contribution >= 4 is 11.6 Å². The molecule has 3 nitrogen and oxygen atoms in total. The van der Waals surface area contributed by atoms with E-state index in [4.69, 9.17) is 16.3 Å². The molecule has 4 heteroatoms. The fourth-order valence-corrected chi connectivity index (χ4v) is 2.77. The van der Waals surface area contributed by atoms with Crippen molar-refractivity contribution in [3.8, 4) is 5.75 Å². The van der Waals surface area contributed by atoms with Crippen LogP contribution in [0.25, 0.3) is 0 Å². The van der Waals surface area contributed by atoms with Gasteiger partial charge in [-0.15, -0.1) is 0 Å². The van der Waals surface area contributed by atoms with Gasteiger partial charge in [-0.1, -0.05) is 41.9 Å². The number of aliphatic hydroxyl groups excluding tert-OH is 1. The number of rotatable bonds is 5. The van der Waals surface area contributed by atoms with Crippen molar-refractivity contribution in [1.29, 1.82) is 0 Å². The third-order valence-corrected chi connectivity index (χ3v) is 3.89. The van der Waals surface area contributed by atoms with Crippen molar-refractivity contribution in [2.75, 3.05) is 13.1 Å². The summed E-state index contributed by atoms with van der Waals surface area (Å²) < 4.78 is 5.85. The van der Waals surface area contributed by atoms with Gasteiger partial charge in [0.1, 0.15) is 11.9 Å². The summed E-state index contributed by atoms with van der Waals surface area (Å²) in [6, 6.07) is 15.4. The average molecular weight is 304 g/mol. The first kappa shape index (κ1) is 14.4. The Morgan fingerprint density at radius 2 is 2.05 bits per heavy atom. The fourth-order valence-electron chi connectivity index (χ4n) is 2.58. The molecule has 2 unspecified atom stereocenters. The van der Waals surface area contributed by atoms with Crippen molar-refractivity contribution < 1.29 is 9.84 Å². The lowest BCUT2D eigenvalue weighted by atomic mass is 10.1. The monoisotopic (exact) mass is 303 g/mol. The van der Waals surface area contributed by atoms with E-state index < -0.39 is 6.10 Å². The number of nitrogens with one attached hydrogen (secondary N) is 1. The maximum Gasteiger partial charge on any atom is 0.123 e. The third kappa shape index (κ3) is 3.56. The summed E-state index contributed by atoms with van der Waals surface area (Å²) in [6.45, 7) is 1.22. The predicted molar refractivity (Wildman–Crippen MR) is 83.8 cm³/mol. The van der Waals surface area contributed by atoms with Gasteiger partial charge in [0.25, 0.3) is 0 Å². The van der Waals surface area contributed by atoms with Gasteiger partial charge in [-0.25, -0.2) is 0 Å². The lowest BCUT2D eigenvalue weighted by molar-refractivity contribution is 0.163. The number of halogens is 1. The van der Waals surface area contributed by atoms with E-state index in [1.165, 1.54) is 0 Å². The van der Waals surface area contributed by atoms with Gasteiger partial charge in [0.05, 0.1) is 6.10 Å². The van der Waals surface area contributed by atoms with Crippen molar-refractivity contribution in [2.45, 2.75) is 18.6 Å². The lowest BCUT2D eigenvalue weighted by Crippen LogP contribution is -2.32. The summed E-state index contributed by atoms with van der Waals surface area (Å²) in [5.74, 6) is 0.912. The van der Waals surface area contributed by atoms with Crippen LogP contribution in [0, 0.1) is 0 Å². The average Bonchev–Trinajstić information content (AvgIpc) is 2.89. The Morgan fingerprint density at radius 1 is 1.24 bits per heavy atom. The fraction of sp³-hybridized carbons (Fsp3) is 0.294. The largest absolute Gasteiger partial charge is 0.488 e. The van der Waals surface area contributed by atoms with E-state index in [0.29, 0.717) is 13.1 Å². The molecule has 1 aliphatic rings. The van der Waals surface area contributed by atoms with E-state index in [2.05, 4.69) is 5.32 Å². The quantitative estimate of drug-likeness (QED) is 0.892. The number of hydrogen-bond acceptors (Lipinski definition) is 3. The molecule has 3 rings (SSSR count). The van der Waals surface area contributed by atoms with Gasteiger partial charge in [0.15, 0.2) is 0 Å². The zero-order chi connectivity index (χ0) is 14.7. The van der Waals surface area contributed by atoms with Crippen LogP contribution in [-0.2, 0) is 6.42 Å². The van der Waals surface area contributed by atoms with Crippen LogP contribution in [0.5, 0.6) is 5.75 Å². The van der Waals surface area contributed by atoms with E-state index >= 15 is 0 Å². The van der Waals surface area contributed by atoms with Crippen LogP contribution in [0.4, 0.5) is 0 Å². The summed E-state index contributed by atoms with van der Waals surface area (Å²) in [4.78, 5) is 0. The molecule has 0 aromatic heterocycles. The Bertz CT molecular complexity index is 603. The number of aliphatic hydroxyl groups is 1. The molecule has 2 aromatic rings. The van der Waals surface area contributed by atoms with Crippen LogP contribution in [0.3, 0.4) is 0 Å². The molecule has 1 aliphatic heterocycles. The summed E-state index contributed by atoms with van der Waals surface area (Å²) in [5, 5.41) is 14.1. The predicted octanol–water partition coefficient (Wildman–Crippen LogP) is 2.97. The molecular formula is C17H18ClNO2. The zero-order valence-electron chi connectivity index (χ0n) is 11.6. The highest BCUT2D eigenvalue weighted by Crippen LogP contribution is 2.30. The molecule has 0 aliphatic carbocycles. The van der Waals surface area contributed by atoms with E-state index in [1.54, 1.807) is 0 Å². The maximum atomic E-state index is 10.1. The number of hydrogen-bond donors (Lipinski definition) is 2. The SMILES string of the molecule is OC(CNCC1Cc2cc(Cl)ccc2O1)c1ccccc1. The van der Waals surface area contributed by atoms with Crippen LogP contribution in [-0.4, -0.2) is 24.3 Å². The molecule has 0 fully saturated rings. The number of ether oxygens (including phenoxy) is 1. The molecule has 21 heavy (non-hydrogen) atoms. The van der Waals surface area contributed by atoms with Gasteiger partial charge in [0.2, 0.25) is 0 Å². The topological polar surface area (TPSA) is 41.5 Å². The van der Waals surface area contributed by atoms with Crippen molar-refractivity contribution in [2.24, 2.45) is 0 Å². The second-order valence-corrected chi connectivity index (χ2v) is 5.72. The maximum absolute atomic E-state index is 10.1. The van der Waals surface area contributed by atoms with Crippen molar-refractivity contribution in [1.82, 2.24) is 5.32 Å². The van der Waals surface area contributed by atoms with Gasteiger partial charge in [-0.2, -0.15) is 0 Å². The van der Waals surface area contributed by atoms with Gasteiger partial charge in [-0.05, 0) is 29.3 Å². The number of benzene rings is 2. The zero-order valence-corrected chi connectivity index (χ0v) is 12.4. The summed E-state index contributed by atoms with van der Waals surface area (Å²) in [7, 11) is 0. The number of fused-ring (bicyclic) bond motifs is 1. The standard InChI is InChI=1S/C17H18ClNO2/c18-14-6-7-17-13(8-14)9-15(21-17)10-19-11-16(20)12-4-2-1-3-5-12/h1-8,15-16,19-20H,9-11H2. The van der Waals surface area contributed by atoms with E-state index in [9.17, 15) is 5.11 Å².